The second-order valence-electron chi connectivity index (χ2n) is 6.76. The molecule has 27 heavy (non-hydrogen) atoms. The van der Waals surface area contributed by atoms with E-state index in [4.69, 9.17) is 4.42 Å². The lowest BCUT2D eigenvalue weighted by Crippen LogP contribution is -2.16. The minimum Gasteiger partial charge on any atom is -0.459 e. The van der Waals surface area contributed by atoms with E-state index in [1.807, 2.05) is 19.1 Å². The second kappa shape index (κ2) is 6.80. The number of ketones is 1. The predicted molar refractivity (Wildman–Crippen MR) is 110 cm³/mol. The van der Waals surface area contributed by atoms with Crippen molar-refractivity contribution in [1.29, 1.82) is 0 Å². The summed E-state index contributed by atoms with van der Waals surface area (Å²) in [6, 6.07) is 6.94. The molecule has 1 heterocycles. The summed E-state index contributed by atoms with van der Waals surface area (Å²) in [5.41, 5.74) is 3.70. The Morgan fingerprint density at radius 1 is 1.04 bits per heavy atom. The van der Waals surface area contributed by atoms with Crippen molar-refractivity contribution >= 4 is 48.4 Å². The van der Waals surface area contributed by atoms with Crippen LogP contribution < -0.4 is 4.72 Å². The number of anilines is 1. The third-order valence-electron chi connectivity index (χ3n) is 4.40. The van der Waals surface area contributed by atoms with E-state index in [1.165, 1.54) is 6.92 Å². The molecule has 2 aromatic carbocycles. The summed E-state index contributed by atoms with van der Waals surface area (Å²) < 4.78 is 34.9. The summed E-state index contributed by atoms with van der Waals surface area (Å²) in [5, 5.41) is 0.574. The monoisotopic (exact) mass is 449 g/mol. The van der Waals surface area contributed by atoms with Crippen LogP contribution in [-0.2, 0) is 10.0 Å². The van der Waals surface area contributed by atoms with Crippen molar-refractivity contribution < 1.29 is 17.6 Å². The number of halogens is 1. The first-order valence-corrected chi connectivity index (χ1v) is 10.6. The van der Waals surface area contributed by atoms with Crippen molar-refractivity contribution in [3.8, 4) is 0 Å². The quantitative estimate of drug-likeness (QED) is 0.538. The molecule has 142 valence electrons. The van der Waals surface area contributed by atoms with Crippen molar-refractivity contribution in [3.05, 3.63) is 56.8 Å². The van der Waals surface area contributed by atoms with Gasteiger partial charge in [-0.15, -0.1) is 0 Å². The van der Waals surface area contributed by atoms with Gasteiger partial charge >= 0.3 is 0 Å². The van der Waals surface area contributed by atoms with E-state index in [2.05, 4.69) is 20.7 Å². The van der Waals surface area contributed by atoms with Crippen LogP contribution in [0.2, 0.25) is 0 Å². The number of Topliss-reactive ketones (excluding diaryl/α,β-unsaturated/α-hetero) is 1. The Bertz CT molecular complexity index is 1170. The molecule has 5 nitrogen and oxygen atoms in total. The van der Waals surface area contributed by atoms with Crippen molar-refractivity contribution in [3.63, 3.8) is 0 Å². The van der Waals surface area contributed by atoms with Gasteiger partial charge in [0, 0.05) is 5.39 Å². The van der Waals surface area contributed by atoms with Crippen LogP contribution in [0.3, 0.4) is 0 Å². The molecule has 0 radical (unpaired) electrons. The van der Waals surface area contributed by atoms with Gasteiger partial charge in [-0.3, -0.25) is 9.52 Å². The molecule has 0 unspecified atom stereocenters. The van der Waals surface area contributed by atoms with Gasteiger partial charge in [0.25, 0.3) is 10.0 Å². The molecule has 0 saturated heterocycles. The fourth-order valence-electron chi connectivity index (χ4n) is 3.57. The largest absolute Gasteiger partial charge is 0.459 e. The smallest absolute Gasteiger partial charge is 0.262 e. The van der Waals surface area contributed by atoms with Gasteiger partial charge in [-0.05, 0) is 73.8 Å². The van der Waals surface area contributed by atoms with Gasteiger partial charge in [0.15, 0.2) is 5.78 Å². The highest BCUT2D eigenvalue weighted by molar-refractivity contribution is 9.10. The molecule has 3 aromatic rings. The molecule has 0 aliphatic heterocycles. The topological polar surface area (TPSA) is 76.4 Å². The number of nitrogens with one attached hydrogen (secondary N) is 1. The maximum Gasteiger partial charge on any atom is 0.262 e. The highest BCUT2D eigenvalue weighted by Crippen LogP contribution is 2.35. The van der Waals surface area contributed by atoms with Crippen molar-refractivity contribution in [2.45, 2.75) is 39.5 Å². The Morgan fingerprint density at radius 2 is 1.63 bits per heavy atom. The zero-order valence-electron chi connectivity index (χ0n) is 15.7. The van der Waals surface area contributed by atoms with Gasteiger partial charge < -0.3 is 4.42 Å². The second-order valence-corrected chi connectivity index (χ2v) is 9.23. The van der Waals surface area contributed by atoms with Crippen molar-refractivity contribution in [2.24, 2.45) is 0 Å². The zero-order chi connectivity index (χ0) is 20.1. The molecule has 0 saturated carbocycles. The molecular formula is C20H20BrNO4S. The maximum absolute atomic E-state index is 13.0. The van der Waals surface area contributed by atoms with E-state index >= 15 is 0 Å². The van der Waals surface area contributed by atoms with Crippen LogP contribution in [0, 0.1) is 27.7 Å². The Labute approximate surface area is 166 Å². The standard InChI is InChI=1S/C20H20BrNO4S/c1-10-6-11(2)20(12(3)7-10)27(24,25)22-15-8-16-18(13(4)23)14(5)26-19(16)17(21)9-15/h6-9,22H,1-5H3. The normalized spacial score (nSPS) is 11.8. The maximum atomic E-state index is 13.0. The lowest BCUT2D eigenvalue weighted by molar-refractivity contribution is 0.101. The van der Waals surface area contributed by atoms with E-state index < -0.39 is 10.0 Å². The van der Waals surface area contributed by atoms with Gasteiger partial charge in [0.2, 0.25) is 0 Å². The van der Waals surface area contributed by atoms with E-state index in [1.54, 1.807) is 32.9 Å². The van der Waals surface area contributed by atoms with Gasteiger partial charge in [0.1, 0.15) is 11.3 Å². The number of hydrogen-bond donors (Lipinski definition) is 1. The summed E-state index contributed by atoms with van der Waals surface area (Å²) in [4.78, 5) is 12.2. The third-order valence-corrected chi connectivity index (χ3v) is 6.67. The number of furan rings is 1. The molecule has 1 N–H and O–H groups in total. The highest BCUT2D eigenvalue weighted by Gasteiger charge is 2.22. The first-order valence-electron chi connectivity index (χ1n) is 8.35. The first-order chi connectivity index (χ1) is 12.5. The van der Waals surface area contributed by atoms with E-state index in [0.29, 0.717) is 43.6 Å². The molecule has 7 heteroatoms. The number of benzene rings is 2. The van der Waals surface area contributed by atoms with Gasteiger partial charge in [-0.25, -0.2) is 8.42 Å². The number of aryl methyl sites for hydroxylation is 4. The predicted octanol–water partition coefficient (Wildman–Crippen LogP) is 5.43. The number of rotatable bonds is 4. The van der Waals surface area contributed by atoms with Crippen molar-refractivity contribution in [2.75, 3.05) is 4.72 Å². The lowest BCUT2D eigenvalue weighted by Gasteiger charge is -2.14. The van der Waals surface area contributed by atoms with Crippen molar-refractivity contribution in [1.82, 2.24) is 0 Å². The average molecular weight is 450 g/mol. The van der Waals surface area contributed by atoms with Crippen LogP contribution in [0.1, 0.15) is 39.7 Å². The van der Waals surface area contributed by atoms with E-state index in [-0.39, 0.29) is 10.7 Å². The minimum absolute atomic E-state index is 0.136. The minimum atomic E-state index is -3.79. The molecule has 0 spiro atoms. The van der Waals surface area contributed by atoms with Gasteiger partial charge in [0.05, 0.1) is 20.6 Å². The molecular weight excluding hydrogens is 430 g/mol. The van der Waals surface area contributed by atoms with E-state index in [0.717, 1.165) is 5.56 Å². The molecule has 1 aromatic heterocycles. The summed E-state index contributed by atoms with van der Waals surface area (Å²) in [6.45, 7) is 8.66. The average Bonchev–Trinajstić information content (AvgIpc) is 2.81. The lowest BCUT2D eigenvalue weighted by atomic mass is 10.1. The third kappa shape index (κ3) is 3.53. The molecule has 0 bridgehead atoms. The summed E-state index contributed by atoms with van der Waals surface area (Å²) in [6.07, 6.45) is 0. The number of sulfonamides is 1. The fourth-order valence-corrected chi connectivity index (χ4v) is 5.61. The molecule has 0 atom stereocenters. The Hall–Kier alpha value is -2.12. The summed E-state index contributed by atoms with van der Waals surface area (Å²) in [5.74, 6) is 0.367. The van der Waals surface area contributed by atoms with Gasteiger partial charge in [-0.1, -0.05) is 17.7 Å². The van der Waals surface area contributed by atoms with E-state index in [9.17, 15) is 13.2 Å². The summed E-state index contributed by atoms with van der Waals surface area (Å²) >= 11 is 3.41. The number of carbonyl (C=O) groups is 1. The van der Waals surface area contributed by atoms with Crippen LogP contribution in [0.25, 0.3) is 11.0 Å². The van der Waals surface area contributed by atoms with Crippen LogP contribution in [-0.4, -0.2) is 14.2 Å². The Morgan fingerprint density at radius 3 is 2.19 bits per heavy atom. The van der Waals surface area contributed by atoms with Crippen LogP contribution in [0.4, 0.5) is 5.69 Å². The SMILES string of the molecule is CC(=O)c1c(C)oc2c(Br)cc(NS(=O)(=O)c3c(C)cc(C)cc3C)cc12. The molecule has 0 amide bonds. The molecule has 0 fully saturated rings. The summed E-state index contributed by atoms with van der Waals surface area (Å²) in [7, 11) is -3.79. The molecule has 3 rings (SSSR count). The van der Waals surface area contributed by atoms with Crippen LogP contribution in [0.15, 0.2) is 38.1 Å². The first kappa shape index (κ1) is 19.6. The van der Waals surface area contributed by atoms with Gasteiger partial charge in [-0.2, -0.15) is 0 Å². The number of hydrogen-bond acceptors (Lipinski definition) is 4. The number of fused-ring (bicyclic) bond motifs is 1. The highest BCUT2D eigenvalue weighted by atomic mass is 79.9. The molecule has 0 aliphatic rings. The zero-order valence-corrected chi connectivity index (χ0v) is 18.1. The Balaban J connectivity index is 2.14. The fraction of sp³-hybridized carbons (Fsp3) is 0.250. The number of carbonyl (C=O) groups excluding carboxylic acids is 1. The van der Waals surface area contributed by atoms with Crippen LogP contribution in [0.5, 0.6) is 0 Å². The van der Waals surface area contributed by atoms with Crippen LogP contribution >= 0.6 is 15.9 Å². The Kier molecular flexibility index (Phi) is 4.94. The molecule has 0 aliphatic carbocycles.